The van der Waals surface area contributed by atoms with Crippen molar-refractivity contribution in [2.24, 2.45) is 0 Å². The van der Waals surface area contributed by atoms with Crippen LogP contribution in [-0.4, -0.2) is 16.9 Å². The Kier molecular flexibility index (Phi) is 6.36. The Hall–Kier alpha value is -0.870. The van der Waals surface area contributed by atoms with E-state index in [1.54, 1.807) is 18.2 Å². The van der Waals surface area contributed by atoms with Crippen molar-refractivity contribution in [2.75, 3.05) is 16.8 Å². The van der Waals surface area contributed by atoms with Crippen molar-refractivity contribution in [3.8, 4) is 0 Å². The summed E-state index contributed by atoms with van der Waals surface area (Å²) < 4.78 is 0. The lowest BCUT2D eigenvalue weighted by Crippen LogP contribution is -2.13. The van der Waals surface area contributed by atoms with Crippen LogP contribution in [0.1, 0.15) is 26.7 Å². The molecule has 1 rings (SSSR count). The minimum atomic E-state index is 0.00697. The van der Waals surface area contributed by atoms with E-state index in [0.717, 1.165) is 12.2 Å². The van der Waals surface area contributed by atoms with Gasteiger partial charge in [0.15, 0.2) is 0 Å². The lowest BCUT2D eigenvalue weighted by Gasteiger charge is -2.09. The lowest BCUT2D eigenvalue weighted by molar-refractivity contribution is -0.115. The van der Waals surface area contributed by atoms with Gasteiger partial charge in [0.1, 0.15) is 0 Å². The number of hydrogen-bond acceptors (Lipinski definition) is 3. The molecule has 0 spiro atoms. The monoisotopic (exact) mass is 286 g/mol. The van der Waals surface area contributed by atoms with E-state index in [2.05, 4.69) is 19.2 Å². The van der Waals surface area contributed by atoms with E-state index in [9.17, 15) is 4.79 Å². The van der Waals surface area contributed by atoms with Gasteiger partial charge in [-0.25, -0.2) is 0 Å². The van der Waals surface area contributed by atoms with Crippen molar-refractivity contribution in [2.45, 2.75) is 31.9 Å². The molecular weight excluding hydrogens is 268 g/mol. The van der Waals surface area contributed by atoms with E-state index in [0.29, 0.717) is 28.1 Å². The van der Waals surface area contributed by atoms with Crippen LogP contribution in [0.3, 0.4) is 0 Å². The summed E-state index contributed by atoms with van der Waals surface area (Å²) in [6, 6.07) is 5.10. The fourth-order valence-electron chi connectivity index (χ4n) is 1.32. The van der Waals surface area contributed by atoms with Crippen LogP contribution in [0, 0.1) is 0 Å². The molecule has 0 saturated heterocycles. The molecule has 1 unspecified atom stereocenters. The largest absolute Gasteiger partial charge is 0.397 e. The second-order valence-corrected chi connectivity index (χ2v) is 6.08. The number of thioether (sulfide) groups is 1. The molecule has 1 atom stereocenters. The first kappa shape index (κ1) is 15.2. The topological polar surface area (TPSA) is 55.1 Å². The van der Waals surface area contributed by atoms with E-state index in [1.165, 1.54) is 0 Å². The summed E-state index contributed by atoms with van der Waals surface area (Å²) in [5.74, 6) is 0.844. The maximum atomic E-state index is 11.7. The van der Waals surface area contributed by atoms with Crippen LogP contribution in [-0.2, 0) is 4.79 Å². The second-order valence-electron chi connectivity index (χ2n) is 4.12. The zero-order chi connectivity index (χ0) is 13.5. The van der Waals surface area contributed by atoms with E-state index in [4.69, 9.17) is 17.3 Å². The standard InChI is InChI=1S/C13H19ClN2OS/c1-3-9(2)18-7-6-13(17)16-10-4-5-11(14)12(15)8-10/h4-5,8-9H,3,6-7,15H2,1-2H3,(H,16,17). The quantitative estimate of drug-likeness (QED) is 0.783. The smallest absolute Gasteiger partial charge is 0.225 e. The van der Waals surface area contributed by atoms with Gasteiger partial charge in [0.05, 0.1) is 10.7 Å². The van der Waals surface area contributed by atoms with Crippen LogP contribution in [0.5, 0.6) is 0 Å². The summed E-state index contributed by atoms with van der Waals surface area (Å²) in [6.45, 7) is 4.32. The fourth-order valence-corrected chi connectivity index (χ4v) is 2.37. The molecule has 1 amide bonds. The van der Waals surface area contributed by atoms with Gasteiger partial charge < -0.3 is 11.1 Å². The van der Waals surface area contributed by atoms with Crippen molar-refractivity contribution < 1.29 is 4.79 Å². The Morgan fingerprint density at radius 1 is 1.56 bits per heavy atom. The zero-order valence-electron chi connectivity index (χ0n) is 10.7. The number of nitrogen functional groups attached to an aromatic ring is 1. The summed E-state index contributed by atoms with van der Waals surface area (Å²) in [5, 5.41) is 3.91. The molecule has 3 N–H and O–H groups in total. The molecule has 0 aromatic heterocycles. The number of halogens is 1. The molecule has 0 bridgehead atoms. The van der Waals surface area contributed by atoms with Gasteiger partial charge in [0, 0.05) is 23.1 Å². The van der Waals surface area contributed by atoms with E-state index in [1.807, 2.05) is 11.8 Å². The summed E-state index contributed by atoms with van der Waals surface area (Å²) >= 11 is 7.62. The van der Waals surface area contributed by atoms with E-state index >= 15 is 0 Å². The number of carbonyl (C=O) groups is 1. The van der Waals surface area contributed by atoms with Crippen molar-refractivity contribution >= 4 is 40.6 Å². The van der Waals surface area contributed by atoms with Gasteiger partial charge in [-0.1, -0.05) is 25.4 Å². The van der Waals surface area contributed by atoms with E-state index in [-0.39, 0.29) is 5.91 Å². The molecule has 0 radical (unpaired) electrons. The summed E-state index contributed by atoms with van der Waals surface area (Å²) in [6.07, 6.45) is 1.64. The molecule has 1 aromatic carbocycles. The van der Waals surface area contributed by atoms with E-state index < -0.39 is 0 Å². The molecule has 0 fully saturated rings. The third-order valence-corrected chi connectivity index (χ3v) is 4.27. The average Bonchev–Trinajstić information content (AvgIpc) is 2.33. The highest BCUT2D eigenvalue weighted by atomic mass is 35.5. The predicted molar refractivity (Wildman–Crippen MR) is 81.3 cm³/mol. The highest BCUT2D eigenvalue weighted by molar-refractivity contribution is 7.99. The number of amides is 1. The van der Waals surface area contributed by atoms with Gasteiger partial charge in [-0.05, 0) is 24.6 Å². The molecule has 0 heterocycles. The van der Waals surface area contributed by atoms with Gasteiger partial charge in [0.2, 0.25) is 5.91 Å². The molecule has 5 heteroatoms. The molecular formula is C13H19ClN2OS. The first-order valence-corrected chi connectivity index (χ1v) is 7.42. The molecule has 0 saturated carbocycles. The lowest BCUT2D eigenvalue weighted by atomic mass is 10.2. The van der Waals surface area contributed by atoms with Gasteiger partial charge in [-0.2, -0.15) is 11.8 Å². The Morgan fingerprint density at radius 3 is 2.89 bits per heavy atom. The number of anilines is 2. The van der Waals surface area contributed by atoms with Crippen molar-refractivity contribution in [1.29, 1.82) is 0 Å². The van der Waals surface area contributed by atoms with Gasteiger partial charge in [0.25, 0.3) is 0 Å². The summed E-state index contributed by atoms with van der Waals surface area (Å²) in [4.78, 5) is 11.7. The Morgan fingerprint density at radius 2 is 2.28 bits per heavy atom. The minimum absolute atomic E-state index is 0.00697. The number of benzene rings is 1. The van der Waals surface area contributed by atoms with Crippen molar-refractivity contribution in [3.05, 3.63) is 23.2 Å². The SMILES string of the molecule is CCC(C)SCCC(=O)Nc1ccc(Cl)c(N)c1. The number of nitrogens with two attached hydrogens (primary N) is 1. The van der Waals surface area contributed by atoms with Gasteiger partial charge in [-0.15, -0.1) is 0 Å². The van der Waals surface area contributed by atoms with Crippen molar-refractivity contribution in [3.63, 3.8) is 0 Å². The molecule has 0 aliphatic heterocycles. The number of nitrogens with one attached hydrogen (secondary N) is 1. The maximum absolute atomic E-state index is 11.7. The first-order valence-electron chi connectivity index (χ1n) is 5.99. The molecule has 100 valence electrons. The summed E-state index contributed by atoms with van der Waals surface area (Å²) in [5.41, 5.74) is 6.83. The van der Waals surface area contributed by atoms with Crippen LogP contribution in [0.2, 0.25) is 5.02 Å². The first-order chi connectivity index (χ1) is 8.52. The van der Waals surface area contributed by atoms with Crippen LogP contribution in [0.25, 0.3) is 0 Å². The number of rotatable bonds is 6. The predicted octanol–water partition coefficient (Wildman–Crippen LogP) is 3.78. The van der Waals surface area contributed by atoms with Gasteiger partial charge in [-0.3, -0.25) is 4.79 Å². The zero-order valence-corrected chi connectivity index (χ0v) is 12.3. The Balaban J connectivity index is 2.38. The molecule has 0 aliphatic rings. The fraction of sp³-hybridized carbons (Fsp3) is 0.462. The van der Waals surface area contributed by atoms with Crippen LogP contribution < -0.4 is 11.1 Å². The normalized spacial score (nSPS) is 12.2. The number of carbonyl (C=O) groups excluding carboxylic acids is 1. The van der Waals surface area contributed by atoms with Crippen LogP contribution in [0.15, 0.2) is 18.2 Å². The molecule has 1 aromatic rings. The second kappa shape index (κ2) is 7.54. The maximum Gasteiger partial charge on any atom is 0.225 e. The summed E-state index contributed by atoms with van der Waals surface area (Å²) in [7, 11) is 0. The Bertz CT molecular complexity index is 412. The highest BCUT2D eigenvalue weighted by Gasteiger charge is 2.05. The molecule has 0 aliphatic carbocycles. The van der Waals surface area contributed by atoms with Crippen LogP contribution >= 0.6 is 23.4 Å². The van der Waals surface area contributed by atoms with Gasteiger partial charge >= 0.3 is 0 Å². The molecule has 18 heavy (non-hydrogen) atoms. The van der Waals surface area contributed by atoms with Crippen molar-refractivity contribution in [1.82, 2.24) is 0 Å². The Labute approximate surface area is 117 Å². The van der Waals surface area contributed by atoms with Crippen LogP contribution in [0.4, 0.5) is 11.4 Å². The highest BCUT2D eigenvalue weighted by Crippen LogP contribution is 2.22. The minimum Gasteiger partial charge on any atom is -0.397 e. The third-order valence-electron chi connectivity index (χ3n) is 2.59. The molecule has 3 nitrogen and oxygen atoms in total. The number of hydrogen-bond donors (Lipinski definition) is 2. The third kappa shape index (κ3) is 5.19. The average molecular weight is 287 g/mol.